The number of imide groups is 1. The molecule has 0 aromatic heterocycles. The number of nitrogens with one attached hydrogen (secondary N) is 1. The van der Waals surface area contributed by atoms with E-state index in [0.29, 0.717) is 11.0 Å². The number of esters is 1. The first kappa shape index (κ1) is 16.0. The van der Waals surface area contributed by atoms with Gasteiger partial charge in [0.1, 0.15) is 12.0 Å². The van der Waals surface area contributed by atoms with Crippen LogP contribution in [0.25, 0.3) is 0 Å². The molecule has 2 atom stereocenters. The molecule has 10 heteroatoms. The van der Waals surface area contributed by atoms with Gasteiger partial charge in [-0.1, -0.05) is 6.07 Å². The number of hydrazone groups is 1. The zero-order valence-corrected chi connectivity index (χ0v) is 12.1. The second-order valence-corrected chi connectivity index (χ2v) is 5.13. The Morgan fingerprint density at radius 2 is 2.00 bits per heavy atom. The van der Waals surface area contributed by atoms with Crippen molar-refractivity contribution in [3.8, 4) is 0 Å². The molecule has 0 saturated carbocycles. The summed E-state index contributed by atoms with van der Waals surface area (Å²) in [7, 11) is 1.09. The van der Waals surface area contributed by atoms with E-state index in [1.54, 1.807) is 0 Å². The van der Waals surface area contributed by atoms with Crippen LogP contribution in [-0.4, -0.2) is 36.6 Å². The van der Waals surface area contributed by atoms with Crippen LogP contribution in [0.5, 0.6) is 0 Å². The summed E-state index contributed by atoms with van der Waals surface area (Å²) in [6.45, 7) is 0. The Bertz CT molecular complexity index is 775. The molecule has 24 heavy (non-hydrogen) atoms. The van der Waals surface area contributed by atoms with Crippen LogP contribution in [0.3, 0.4) is 0 Å². The molecule has 3 rings (SSSR count). The zero-order valence-electron chi connectivity index (χ0n) is 12.1. The molecule has 7 nitrogen and oxygen atoms in total. The Labute approximate surface area is 133 Å². The fourth-order valence-electron chi connectivity index (χ4n) is 2.64. The van der Waals surface area contributed by atoms with Gasteiger partial charge in [-0.25, -0.2) is 9.69 Å². The van der Waals surface area contributed by atoms with Crippen LogP contribution in [0, 0.1) is 5.92 Å². The highest BCUT2D eigenvalue weighted by atomic mass is 19.4. The minimum absolute atomic E-state index is 0.222. The standard InChI is InChI=1S/C14H10F3N3O4/c1-24-13(23)10-8-9(18-19-10)12(22)20(11(8)21)7-4-2-3-6(5-7)14(15,16)17/h2-5,8-9,18H,1H3/t8-,9+/m1/s1. The van der Waals surface area contributed by atoms with Gasteiger partial charge in [-0.05, 0) is 18.2 Å². The summed E-state index contributed by atoms with van der Waals surface area (Å²) in [6, 6.07) is 2.69. The van der Waals surface area contributed by atoms with Gasteiger partial charge < -0.3 is 4.74 Å². The van der Waals surface area contributed by atoms with Crippen molar-refractivity contribution in [3.05, 3.63) is 29.8 Å². The SMILES string of the molecule is COC(=O)C1=NN[C@@H]2C(=O)N(c3cccc(C(F)(F)F)c3)C(=O)[C@@H]12. The first-order chi connectivity index (χ1) is 11.3. The van der Waals surface area contributed by atoms with Crippen molar-refractivity contribution in [2.75, 3.05) is 12.0 Å². The third-order valence-corrected chi connectivity index (χ3v) is 3.75. The third kappa shape index (κ3) is 2.30. The lowest BCUT2D eigenvalue weighted by Crippen LogP contribution is -2.36. The van der Waals surface area contributed by atoms with Crippen LogP contribution in [-0.2, 0) is 25.3 Å². The molecule has 126 valence electrons. The highest BCUT2D eigenvalue weighted by molar-refractivity contribution is 6.46. The van der Waals surface area contributed by atoms with E-state index in [1.165, 1.54) is 6.07 Å². The van der Waals surface area contributed by atoms with Gasteiger partial charge in [-0.15, -0.1) is 0 Å². The number of carbonyl (C=O) groups excluding carboxylic acids is 3. The smallest absolute Gasteiger partial charge is 0.416 e. The number of nitrogens with zero attached hydrogens (tertiary/aromatic N) is 2. The number of benzene rings is 1. The third-order valence-electron chi connectivity index (χ3n) is 3.75. The number of fused-ring (bicyclic) bond motifs is 1. The normalized spacial score (nSPS) is 23.0. The monoisotopic (exact) mass is 341 g/mol. The number of alkyl halides is 3. The Hall–Kier alpha value is -2.91. The summed E-state index contributed by atoms with van der Waals surface area (Å²) in [5, 5.41) is 3.62. The Kier molecular flexibility index (Phi) is 3.54. The minimum atomic E-state index is -4.62. The number of hydrogen-bond donors (Lipinski definition) is 1. The summed E-state index contributed by atoms with van der Waals surface area (Å²) in [5.41, 5.74) is 0.864. The summed E-state index contributed by atoms with van der Waals surface area (Å²) in [5.74, 6) is -3.73. The lowest BCUT2D eigenvalue weighted by atomic mass is 9.99. The van der Waals surface area contributed by atoms with E-state index in [-0.39, 0.29) is 11.4 Å². The van der Waals surface area contributed by atoms with Crippen molar-refractivity contribution in [1.29, 1.82) is 0 Å². The predicted octanol–water partition coefficient (Wildman–Crippen LogP) is 0.696. The van der Waals surface area contributed by atoms with E-state index in [2.05, 4.69) is 15.3 Å². The van der Waals surface area contributed by atoms with Crippen LogP contribution in [0.1, 0.15) is 5.56 Å². The highest BCUT2D eigenvalue weighted by Gasteiger charge is 2.55. The van der Waals surface area contributed by atoms with Crippen LogP contribution >= 0.6 is 0 Å². The number of ether oxygens (including phenoxy) is 1. The second-order valence-electron chi connectivity index (χ2n) is 5.13. The molecule has 2 heterocycles. The molecular formula is C14H10F3N3O4. The molecule has 0 unspecified atom stereocenters. The first-order valence-electron chi connectivity index (χ1n) is 6.72. The van der Waals surface area contributed by atoms with Crippen molar-refractivity contribution < 1.29 is 32.3 Å². The number of amides is 2. The minimum Gasteiger partial charge on any atom is -0.464 e. The lowest BCUT2D eigenvalue weighted by molar-refractivity contribution is -0.137. The van der Waals surface area contributed by atoms with E-state index in [9.17, 15) is 27.6 Å². The molecular weight excluding hydrogens is 331 g/mol. The number of rotatable bonds is 2. The number of methoxy groups -OCH3 is 1. The topological polar surface area (TPSA) is 88.1 Å². The average molecular weight is 341 g/mol. The molecule has 2 aliphatic rings. The largest absolute Gasteiger partial charge is 0.464 e. The van der Waals surface area contributed by atoms with Gasteiger partial charge in [0.2, 0.25) is 5.91 Å². The Balaban J connectivity index is 1.97. The van der Waals surface area contributed by atoms with Crippen LogP contribution in [0.15, 0.2) is 29.4 Å². The van der Waals surface area contributed by atoms with Gasteiger partial charge in [-0.2, -0.15) is 18.3 Å². The van der Waals surface area contributed by atoms with E-state index < -0.39 is 41.5 Å². The predicted molar refractivity (Wildman–Crippen MR) is 73.8 cm³/mol. The van der Waals surface area contributed by atoms with Crippen LogP contribution < -0.4 is 10.3 Å². The first-order valence-corrected chi connectivity index (χ1v) is 6.72. The second kappa shape index (κ2) is 5.32. The van der Waals surface area contributed by atoms with Gasteiger partial charge in [0.15, 0.2) is 5.71 Å². The number of carbonyl (C=O) groups is 3. The average Bonchev–Trinajstić information content (AvgIpc) is 3.07. The highest BCUT2D eigenvalue weighted by Crippen LogP contribution is 2.35. The molecule has 2 amide bonds. The van der Waals surface area contributed by atoms with Crippen LogP contribution in [0.4, 0.5) is 18.9 Å². The van der Waals surface area contributed by atoms with E-state index in [1.807, 2.05) is 0 Å². The number of halogens is 3. The van der Waals surface area contributed by atoms with E-state index in [0.717, 1.165) is 19.2 Å². The van der Waals surface area contributed by atoms with Gasteiger partial charge >= 0.3 is 12.1 Å². The Morgan fingerprint density at radius 3 is 2.62 bits per heavy atom. The molecule has 1 aromatic rings. The Morgan fingerprint density at radius 1 is 1.29 bits per heavy atom. The van der Waals surface area contributed by atoms with Crippen molar-refractivity contribution in [3.63, 3.8) is 0 Å². The molecule has 1 fully saturated rings. The maximum Gasteiger partial charge on any atom is 0.416 e. The fraction of sp³-hybridized carbons (Fsp3) is 0.286. The molecule has 1 aromatic carbocycles. The summed E-state index contributed by atoms with van der Waals surface area (Å²) < 4.78 is 42.9. The maximum absolute atomic E-state index is 12.8. The quantitative estimate of drug-likeness (QED) is 0.632. The zero-order chi connectivity index (χ0) is 17.6. The van der Waals surface area contributed by atoms with E-state index >= 15 is 0 Å². The van der Waals surface area contributed by atoms with Gasteiger partial charge in [-0.3, -0.25) is 15.0 Å². The van der Waals surface area contributed by atoms with Crippen molar-refractivity contribution in [2.24, 2.45) is 11.0 Å². The molecule has 1 saturated heterocycles. The van der Waals surface area contributed by atoms with Crippen molar-refractivity contribution in [2.45, 2.75) is 12.2 Å². The van der Waals surface area contributed by atoms with Gasteiger partial charge in [0.05, 0.1) is 18.4 Å². The maximum atomic E-state index is 12.8. The van der Waals surface area contributed by atoms with E-state index in [4.69, 9.17) is 0 Å². The lowest BCUT2D eigenvalue weighted by Gasteiger charge is -2.17. The van der Waals surface area contributed by atoms with Crippen LogP contribution in [0.2, 0.25) is 0 Å². The van der Waals surface area contributed by atoms with Crippen molar-refractivity contribution >= 4 is 29.2 Å². The molecule has 1 N–H and O–H groups in total. The van der Waals surface area contributed by atoms with Crippen molar-refractivity contribution in [1.82, 2.24) is 5.43 Å². The van der Waals surface area contributed by atoms with Gasteiger partial charge in [0.25, 0.3) is 5.91 Å². The number of anilines is 1. The molecule has 0 bridgehead atoms. The summed E-state index contributed by atoms with van der Waals surface area (Å²) in [6.07, 6.45) is -4.62. The number of hydrogen-bond acceptors (Lipinski definition) is 6. The van der Waals surface area contributed by atoms with Gasteiger partial charge in [0, 0.05) is 0 Å². The molecule has 0 radical (unpaired) electrons. The fourth-order valence-corrected chi connectivity index (χ4v) is 2.64. The summed E-state index contributed by atoms with van der Waals surface area (Å²) >= 11 is 0. The summed E-state index contributed by atoms with van der Waals surface area (Å²) in [4.78, 5) is 37.1. The molecule has 2 aliphatic heterocycles. The molecule has 0 aliphatic carbocycles. The molecule has 0 spiro atoms.